The molecule has 0 aliphatic rings. The van der Waals surface area contributed by atoms with E-state index in [0.29, 0.717) is 11.4 Å². The highest BCUT2D eigenvalue weighted by Gasteiger charge is 2.23. The van der Waals surface area contributed by atoms with Crippen molar-refractivity contribution in [2.75, 3.05) is 24.6 Å². The van der Waals surface area contributed by atoms with Gasteiger partial charge in [0.2, 0.25) is 13.1 Å². The fourth-order valence-electron chi connectivity index (χ4n) is 3.10. The molecule has 3 aromatic rings. The van der Waals surface area contributed by atoms with E-state index in [9.17, 15) is 20.2 Å². The third-order valence-electron chi connectivity index (χ3n) is 4.69. The molecule has 0 spiro atoms. The van der Waals surface area contributed by atoms with Gasteiger partial charge in [-0.3, -0.25) is 20.2 Å². The zero-order chi connectivity index (χ0) is 23.1. The molecule has 10 heteroatoms. The Kier molecular flexibility index (Phi) is 7.96. The first kappa shape index (κ1) is 23.4. The molecule has 0 saturated carbocycles. The monoisotopic (exact) mass is 470 g/mol. The lowest BCUT2D eigenvalue weighted by atomic mass is 10.1. The maximum atomic E-state index is 11.3. The highest BCUT2D eigenvalue weighted by molar-refractivity contribution is 8.00. The lowest BCUT2D eigenvalue weighted by Crippen LogP contribution is -2.12. The first-order valence-electron chi connectivity index (χ1n) is 9.69. The number of anilines is 2. The molecule has 3 rings (SSSR count). The second-order valence-corrected chi connectivity index (χ2v) is 9.48. The molecule has 0 radical (unpaired) electrons. The fraction of sp³-hybridized carbons (Fsp3) is 0.182. The van der Waals surface area contributed by atoms with E-state index in [0.717, 1.165) is 20.9 Å². The van der Waals surface area contributed by atoms with Crippen LogP contribution in [0.3, 0.4) is 0 Å². The van der Waals surface area contributed by atoms with Crippen molar-refractivity contribution < 1.29 is 9.85 Å². The topological polar surface area (TPSA) is 138 Å². The first-order valence-corrected chi connectivity index (χ1v) is 11.4. The van der Waals surface area contributed by atoms with Gasteiger partial charge in [0.25, 0.3) is 0 Å². The maximum Gasteiger partial charge on any atom is 0.220 e. The van der Waals surface area contributed by atoms with Crippen LogP contribution in [0.1, 0.15) is 21.6 Å². The Morgan fingerprint density at radius 1 is 0.656 bits per heavy atom. The minimum absolute atomic E-state index is 0.272. The van der Waals surface area contributed by atoms with Crippen LogP contribution in [0.15, 0.2) is 82.6 Å². The molecular weight excluding hydrogens is 448 g/mol. The van der Waals surface area contributed by atoms with Gasteiger partial charge in [-0.25, -0.2) is 0 Å². The molecule has 0 aliphatic heterocycles. The summed E-state index contributed by atoms with van der Waals surface area (Å²) >= 11 is 2.66. The summed E-state index contributed by atoms with van der Waals surface area (Å²) in [7, 11) is 0. The summed E-state index contributed by atoms with van der Waals surface area (Å²) in [5.41, 5.74) is 14.6. The number of hydrogen-bond acceptors (Lipinski definition) is 8. The Hall–Kier alpha value is -3.24. The molecule has 0 amide bonds. The molecule has 0 heterocycles. The highest BCUT2D eigenvalue weighted by atomic mass is 32.2. The van der Waals surface area contributed by atoms with Crippen molar-refractivity contribution in [1.82, 2.24) is 0 Å². The highest BCUT2D eigenvalue weighted by Crippen LogP contribution is 2.41. The maximum absolute atomic E-state index is 11.3. The van der Waals surface area contributed by atoms with Gasteiger partial charge in [0.1, 0.15) is 0 Å². The summed E-state index contributed by atoms with van der Waals surface area (Å²) in [6.45, 7) is -0.544. The van der Waals surface area contributed by atoms with E-state index < -0.39 is 10.5 Å². The molecule has 0 fully saturated rings. The number of benzene rings is 3. The molecule has 0 aromatic heterocycles. The predicted molar refractivity (Wildman–Crippen MR) is 129 cm³/mol. The number of nitrogens with zero attached hydrogens (tertiary/aromatic N) is 2. The average Bonchev–Trinajstić information content (AvgIpc) is 2.75. The Morgan fingerprint density at radius 2 is 1.00 bits per heavy atom. The van der Waals surface area contributed by atoms with E-state index in [2.05, 4.69) is 0 Å². The van der Waals surface area contributed by atoms with Crippen LogP contribution in [-0.4, -0.2) is 22.9 Å². The van der Waals surface area contributed by atoms with Gasteiger partial charge in [0, 0.05) is 31.0 Å². The number of nitrogen functional groups attached to an aromatic ring is 2. The van der Waals surface area contributed by atoms with E-state index in [1.54, 1.807) is 36.4 Å². The molecule has 4 N–H and O–H groups in total. The number of rotatable bonds is 10. The summed E-state index contributed by atoms with van der Waals surface area (Å²) in [5.74, 6) is 0. The average molecular weight is 471 g/mol. The minimum atomic E-state index is -0.449. The molecule has 2 atom stereocenters. The Balaban J connectivity index is 1.85. The second kappa shape index (κ2) is 10.9. The van der Waals surface area contributed by atoms with E-state index in [-0.39, 0.29) is 22.9 Å². The first-order chi connectivity index (χ1) is 15.3. The Bertz CT molecular complexity index is 1010. The fourth-order valence-corrected chi connectivity index (χ4v) is 5.41. The van der Waals surface area contributed by atoms with Gasteiger partial charge in [-0.2, -0.15) is 0 Å². The van der Waals surface area contributed by atoms with E-state index >= 15 is 0 Å². The quantitative estimate of drug-likeness (QED) is 0.181. The Morgan fingerprint density at radius 3 is 1.31 bits per heavy atom. The molecule has 32 heavy (non-hydrogen) atoms. The van der Waals surface area contributed by atoms with Crippen LogP contribution in [0.4, 0.5) is 11.4 Å². The lowest BCUT2D eigenvalue weighted by Gasteiger charge is -2.17. The molecule has 166 valence electrons. The smallest absolute Gasteiger partial charge is 0.220 e. The van der Waals surface area contributed by atoms with Crippen LogP contribution in [0.2, 0.25) is 0 Å². The van der Waals surface area contributed by atoms with Crippen LogP contribution in [-0.2, 0) is 0 Å². The molecule has 0 bridgehead atoms. The van der Waals surface area contributed by atoms with E-state index in [1.807, 2.05) is 36.4 Å². The lowest BCUT2D eigenvalue weighted by molar-refractivity contribution is -0.479. The van der Waals surface area contributed by atoms with Gasteiger partial charge >= 0.3 is 0 Å². The zero-order valence-corrected chi connectivity index (χ0v) is 18.6. The zero-order valence-electron chi connectivity index (χ0n) is 17.0. The van der Waals surface area contributed by atoms with Gasteiger partial charge in [-0.05, 0) is 35.4 Å². The van der Waals surface area contributed by atoms with Gasteiger partial charge in [0.05, 0.1) is 10.5 Å². The summed E-state index contributed by atoms with van der Waals surface area (Å²) < 4.78 is 0. The predicted octanol–water partition coefficient (Wildman–Crippen LogP) is 5.07. The Labute approximate surface area is 193 Å². The molecule has 3 aromatic carbocycles. The minimum Gasteiger partial charge on any atom is -0.398 e. The summed E-state index contributed by atoms with van der Waals surface area (Å²) in [4.78, 5) is 23.4. The summed E-state index contributed by atoms with van der Waals surface area (Å²) in [6, 6.07) is 21.6. The standard InChI is InChI=1S/C22H22N4O4S2/c23-17-5-1-3-7-19(17)31-21(13-25(27)28)15-9-11-16(12-10-15)22(14-26(29)30)32-20-8-4-2-6-18(20)24/h1-12,21-22H,13-14,23-24H2/t21-,22-/m0/s1. The number of nitrogens with two attached hydrogens (primary N) is 2. The van der Waals surface area contributed by atoms with Gasteiger partial charge in [0.15, 0.2) is 0 Å². The van der Waals surface area contributed by atoms with Gasteiger partial charge < -0.3 is 11.5 Å². The number of nitro groups is 2. The van der Waals surface area contributed by atoms with Crippen molar-refractivity contribution in [2.24, 2.45) is 0 Å². The third-order valence-corrected chi connectivity index (χ3v) is 7.35. The van der Waals surface area contributed by atoms with Crippen molar-refractivity contribution in [1.29, 1.82) is 0 Å². The van der Waals surface area contributed by atoms with E-state index in [1.165, 1.54) is 23.5 Å². The van der Waals surface area contributed by atoms with Gasteiger partial charge in [-0.1, -0.05) is 48.5 Å². The second-order valence-electron chi connectivity index (χ2n) is 6.99. The normalized spacial score (nSPS) is 12.8. The van der Waals surface area contributed by atoms with Crippen LogP contribution >= 0.6 is 23.5 Å². The number of thioether (sulfide) groups is 2. The SMILES string of the molecule is Nc1ccccc1S[C@@H](C[N+](=O)[O-])c1ccc([C@H](C[N+](=O)[O-])Sc2ccccc2N)cc1. The number of hydrogen-bond donors (Lipinski definition) is 2. The molecular formula is C22H22N4O4S2. The van der Waals surface area contributed by atoms with Gasteiger partial charge in [-0.15, -0.1) is 23.5 Å². The van der Waals surface area contributed by atoms with E-state index in [4.69, 9.17) is 11.5 Å². The largest absolute Gasteiger partial charge is 0.398 e. The van der Waals surface area contributed by atoms with Crippen LogP contribution in [0.5, 0.6) is 0 Å². The molecule has 0 unspecified atom stereocenters. The molecule has 8 nitrogen and oxygen atoms in total. The molecule has 0 aliphatic carbocycles. The van der Waals surface area contributed by atoms with Crippen molar-refractivity contribution in [3.8, 4) is 0 Å². The van der Waals surface area contributed by atoms with Crippen molar-refractivity contribution in [2.45, 2.75) is 20.3 Å². The van der Waals surface area contributed by atoms with Crippen LogP contribution in [0, 0.1) is 20.2 Å². The van der Waals surface area contributed by atoms with Crippen molar-refractivity contribution in [3.63, 3.8) is 0 Å². The summed E-state index contributed by atoms with van der Waals surface area (Å²) in [6.07, 6.45) is 0. The number of para-hydroxylation sites is 2. The third kappa shape index (κ3) is 6.38. The molecule has 0 saturated heterocycles. The van der Waals surface area contributed by atoms with Crippen molar-refractivity contribution >= 4 is 34.9 Å². The summed E-state index contributed by atoms with van der Waals surface area (Å²) in [5, 5.41) is 21.6. The van der Waals surface area contributed by atoms with Crippen LogP contribution < -0.4 is 11.5 Å². The van der Waals surface area contributed by atoms with Crippen LogP contribution in [0.25, 0.3) is 0 Å². The van der Waals surface area contributed by atoms with Crippen molar-refractivity contribution in [3.05, 3.63) is 104 Å².